The third-order valence-electron chi connectivity index (χ3n) is 17.2. The summed E-state index contributed by atoms with van der Waals surface area (Å²) in [6, 6.07) is 83.0. The number of pyridine rings is 3. The van der Waals surface area contributed by atoms with Gasteiger partial charge in [-0.15, -0.1) is 0 Å². The van der Waals surface area contributed by atoms with Crippen molar-refractivity contribution >= 4 is 32.3 Å². The molecule has 13 rings (SSSR count). The van der Waals surface area contributed by atoms with Gasteiger partial charge in [-0.2, -0.15) is 0 Å². The third-order valence-corrected chi connectivity index (χ3v) is 17.2. The highest BCUT2D eigenvalue weighted by Gasteiger charge is 2.36. The Kier molecular flexibility index (Phi) is 13.2. The Bertz CT molecular complexity index is 4040. The number of rotatable bonds is 9. The van der Waals surface area contributed by atoms with Crippen LogP contribution in [0.3, 0.4) is 0 Å². The van der Waals surface area contributed by atoms with Crippen LogP contribution in [-0.4, -0.2) is 15.0 Å². The first-order valence-corrected chi connectivity index (χ1v) is 28.6. The van der Waals surface area contributed by atoms with Crippen molar-refractivity contribution in [1.29, 1.82) is 0 Å². The van der Waals surface area contributed by atoms with Gasteiger partial charge in [0.1, 0.15) is 0 Å². The summed E-state index contributed by atoms with van der Waals surface area (Å²) in [4.78, 5) is 15.6. The van der Waals surface area contributed by atoms with E-state index in [2.05, 4.69) is 285 Å². The lowest BCUT2D eigenvalue weighted by molar-refractivity contribution is 0.352. The molecule has 0 N–H and O–H groups in total. The molecule has 390 valence electrons. The summed E-state index contributed by atoms with van der Waals surface area (Å²) < 4.78 is 0. The van der Waals surface area contributed by atoms with Crippen molar-refractivity contribution in [2.24, 2.45) is 0 Å². The van der Waals surface area contributed by atoms with Crippen LogP contribution in [0.1, 0.15) is 106 Å². The molecule has 3 heteroatoms. The molecule has 2 atom stereocenters. The minimum Gasteiger partial charge on any atom is -0.256 e. The summed E-state index contributed by atoms with van der Waals surface area (Å²) in [7, 11) is 0. The van der Waals surface area contributed by atoms with Crippen LogP contribution in [0.25, 0.3) is 99.5 Å². The zero-order chi connectivity index (χ0) is 54.5. The van der Waals surface area contributed by atoms with Gasteiger partial charge in [0.05, 0.1) is 17.1 Å². The van der Waals surface area contributed by atoms with Gasteiger partial charge in [-0.3, -0.25) is 15.0 Å². The van der Waals surface area contributed by atoms with Crippen LogP contribution in [0.2, 0.25) is 0 Å². The number of nitrogens with zero attached hydrogens (tertiary/aromatic N) is 3. The molecule has 0 amide bonds. The van der Waals surface area contributed by atoms with Gasteiger partial charge in [-0.05, 0) is 161 Å². The van der Waals surface area contributed by atoms with Crippen LogP contribution in [0.4, 0.5) is 0 Å². The fourth-order valence-corrected chi connectivity index (χ4v) is 12.7. The van der Waals surface area contributed by atoms with Crippen molar-refractivity contribution in [3.63, 3.8) is 0 Å². The smallest absolute Gasteiger partial charge is 0.0702 e. The summed E-state index contributed by atoms with van der Waals surface area (Å²) in [5, 5.41) is 7.37. The quantitative estimate of drug-likeness (QED) is 0.145. The second-order valence-corrected chi connectivity index (χ2v) is 24.5. The normalized spacial score (nSPS) is 15.8. The zero-order valence-electron chi connectivity index (χ0n) is 46.8. The van der Waals surface area contributed by atoms with Crippen molar-refractivity contribution in [2.75, 3.05) is 0 Å². The molecule has 80 heavy (non-hydrogen) atoms. The minimum atomic E-state index is -0.0399. The number of aromatic nitrogens is 3. The van der Waals surface area contributed by atoms with Gasteiger partial charge in [0.2, 0.25) is 0 Å². The number of hydrogen-bond acceptors (Lipinski definition) is 3. The van der Waals surface area contributed by atoms with E-state index < -0.39 is 0 Å². The Labute approximate surface area is 472 Å². The van der Waals surface area contributed by atoms with Gasteiger partial charge < -0.3 is 0 Å². The Morgan fingerprint density at radius 1 is 0.275 bits per heavy atom. The standard InChI is InChI=1S/C77H67N3/c1-76(2,3)65-32-34-69(71(45-65)60-30-37-74(79-48-60)57-27-24-51-16-8-11-19-54(51)40-57)63-42-62(68-22-14-13-21-67(68)59-29-36-73(78-47-59)56-26-23-50-15-7-10-18-53(50)39-56)43-64(44-63)70-35-33-66(77(4,5)6)46-72(70)61-31-38-75(80-49-61)58-28-25-52-17-9-12-20-55(52)41-58/h7-41,45-49,62-64H,42-44H2,1-6H3. The molecule has 3 nitrogen and oxygen atoms in total. The highest BCUT2D eigenvalue weighted by Crippen LogP contribution is 2.53. The summed E-state index contributed by atoms with van der Waals surface area (Å²) in [5.74, 6) is 0.739. The molecule has 0 spiro atoms. The summed E-state index contributed by atoms with van der Waals surface area (Å²) in [6.07, 6.45) is 9.37. The molecule has 3 heterocycles. The predicted molar refractivity (Wildman–Crippen MR) is 337 cm³/mol. The van der Waals surface area contributed by atoms with E-state index in [9.17, 15) is 0 Å². The van der Waals surface area contributed by atoms with E-state index in [0.29, 0.717) is 0 Å². The van der Waals surface area contributed by atoms with Crippen molar-refractivity contribution < 1.29 is 0 Å². The molecule has 3 aromatic heterocycles. The molecule has 0 radical (unpaired) electrons. The summed E-state index contributed by atoms with van der Waals surface area (Å²) >= 11 is 0. The lowest BCUT2D eigenvalue weighted by atomic mass is 9.66. The first kappa shape index (κ1) is 50.7. The van der Waals surface area contributed by atoms with Gasteiger partial charge in [0.25, 0.3) is 0 Å². The molecular formula is C77H67N3. The maximum Gasteiger partial charge on any atom is 0.0702 e. The van der Waals surface area contributed by atoms with E-state index in [1.54, 1.807) is 0 Å². The second-order valence-electron chi connectivity index (χ2n) is 24.5. The van der Waals surface area contributed by atoms with E-state index in [1.807, 2.05) is 0 Å². The number of fused-ring (bicyclic) bond motifs is 3. The van der Waals surface area contributed by atoms with E-state index in [0.717, 1.165) is 69.7 Å². The van der Waals surface area contributed by atoms with Crippen molar-refractivity contribution in [2.45, 2.75) is 89.4 Å². The van der Waals surface area contributed by atoms with Crippen molar-refractivity contribution in [3.05, 3.63) is 271 Å². The SMILES string of the molecule is CC(C)(C)c1ccc(C2CC(c3ccccc3-c3ccc(-c4ccc5ccccc5c4)nc3)CC(c3ccc(C(C)(C)C)cc3-c3ccc(-c4ccc5ccccc5c4)nc3)C2)c(-c2ccc(-c3ccc4ccccc4c3)nc2)c1. The molecule has 0 aliphatic heterocycles. The predicted octanol–water partition coefficient (Wildman–Crippen LogP) is 20.8. The van der Waals surface area contributed by atoms with E-state index in [1.165, 1.54) is 76.8 Å². The molecular weight excluding hydrogens is 967 g/mol. The second kappa shape index (κ2) is 20.8. The van der Waals surface area contributed by atoms with Crippen LogP contribution >= 0.6 is 0 Å². The van der Waals surface area contributed by atoms with Gasteiger partial charge in [0, 0.05) is 52.0 Å². The van der Waals surface area contributed by atoms with E-state index in [4.69, 9.17) is 15.0 Å². The third kappa shape index (κ3) is 10.1. The Hall–Kier alpha value is -8.79. The maximum absolute atomic E-state index is 5.22. The monoisotopic (exact) mass is 1030 g/mol. The highest BCUT2D eigenvalue weighted by atomic mass is 14.7. The van der Waals surface area contributed by atoms with Crippen LogP contribution < -0.4 is 0 Å². The average molecular weight is 1030 g/mol. The Balaban J connectivity index is 0.922. The molecule has 1 aliphatic rings. The summed E-state index contributed by atoms with van der Waals surface area (Å²) in [6.45, 7) is 14.0. The fraction of sp³-hybridized carbons (Fsp3) is 0.182. The highest BCUT2D eigenvalue weighted by molar-refractivity contribution is 5.89. The van der Waals surface area contributed by atoms with E-state index in [-0.39, 0.29) is 28.6 Å². The van der Waals surface area contributed by atoms with Gasteiger partial charge in [-0.25, -0.2) is 0 Å². The van der Waals surface area contributed by atoms with Crippen molar-refractivity contribution in [3.8, 4) is 67.2 Å². The molecule has 9 aromatic carbocycles. The first-order chi connectivity index (χ1) is 38.9. The number of hydrogen-bond donors (Lipinski definition) is 0. The zero-order valence-corrected chi connectivity index (χ0v) is 46.8. The lowest BCUT2D eigenvalue weighted by Gasteiger charge is -2.38. The van der Waals surface area contributed by atoms with Crippen molar-refractivity contribution in [1.82, 2.24) is 15.0 Å². The van der Waals surface area contributed by atoms with Crippen LogP contribution in [-0.2, 0) is 10.8 Å². The van der Waals surface area contributed by atoms with E-state index >= 15 is 0 Å². The van der Waals surface area contributed by atoms with Gasteiger partial charge in [0.15, 0.2) is 0 Å². The molecule has 1 aliphatic carbocycles. The lowest BCUT2D eigenvalue weighted by Crippen LogP contribution is -2.22. The first-order valence-electron chi connectivity index (χ1n) is 28.6. The van der Waals surface area contributed by atoms with Crippen LogP contribution in [0, 0.1) is 0 Å². The largest absolute Gasteiger partial charge is 0.256 e. The topological polar surface area (TPSA) is 38.7 Å². The molecule has 1 fully saturated rings. The molecule has 0 saturated heterocycles. The Morgan fingerprint density at radius 3 is 0.938 bits per heavy atom. The Morgan fingerprint density at radius 2 is 0.588 bits per heavy atom. The average Bonchev–Trinajstić information content (AvgIpc) is 3.70. The molecule has 0 bridgehead atoms. The van der Waals surface area contributed by atoms with Crippen LogP contribution in [0.15, 0.2) is 243 Å². The van der Waals surface area contributed by atoms with Gasteiger partial charge in [-0.1, -0.05) is 230 Å². The summed E-state index contributed by atoms with van der Waals surface area (Å²) in [5.41, 5.74) is 20.3. The fourth-order valence-electron chi connectivity index (χ4n) is 12.7. The van der Waals surface area contributed by atoms with Gasteiger partial charge >= 0.3 is 0 Å². The van der Waals surface area contributed by atoms with Crippen LogP contribution in [0.5, 0.6) is 0 Å². The minimum absolute atomic E-state index is 0.0399. The maximum atomic E-state index is 5.22. The molecule has 2 unspecified atom stereocenters. The number of benzene rings is 9. The molecule has 12 aromatic rings. The molecule has 1 saturated carbocycles.